The molecule has 0 bridgehead atoms. The number of aliphatic carboxylic acids is 1. The van der Waals surface area contributed by atoms with Gasteiger partial charge in [0.2, 0.25) is 0 Å². The normalized spacial score (nSPS) is 10.8. The number of rotatable bonds is 21. The van der Waals surface area contributed by atoms with Crippen LogP contribution in [0.2, 0.25) is 0 Å². The molecule has 0 saturated heterocycles. The minimum absolute atomic E-state index is 0. The van der Waals surface area contributed by atoms with E-state index in [0.717, 1.165) is 38.5 Å². The fourth-order valence-corrected chi connectivity index (χ4v) is 3.93. The van der Waals surface area contributed by atoms with E-state index in [1.807, 2.05) is 6.92 Å². The molecule has 0 fully saturated rings. The Hall–Kier alpha value is 1.17. The van der Waals surface area contributed by atoms with Gasteiger partial charge in [-0.3, -0.25) is 9.59 Å². The number of unbranched alkanes of at least 4 members (excludes halogenated alkanes) is 14. The standard InChI is InChI=1S/C25H48O4.K.Li.2H/c1-4-6-8-10-12-14-16-18-20-25(3,29-24(28)22-23(26)27)21-19-17-15-13-11-9-7-5-2;;;;/h4-22H2,1-3H3,(H,26,27);;;;. The van der Waals surface area contributed by atoms with Crippen LogP contribution in [0.5, 0.6) is 0 Å². The van der Waals surface area contributed by atoms with Crippen LogP contribution in [0.4, 0.5) is 0 Å². The van der Waals surface area contributed by atoms with Gasteiger partial charge in [0, 0.05) is 0 Å². The van der Waals surface area contributed by atoms with Gasteiger partial charge < -0.3 is 9.84 Å². The first kappa shape index (κ1) is 36.7. The molecule has 0 amide bonds. The Labute approximate surface area is 247 Å². The van der Waals surface area contributed by atoms with Crippen molar-refractivity contribution in [3.05, 3.63) is 0 Å². The molecule has 0 aliphatic carbocycles. The maximum absolute atomic E-state index is 11.9. The fourth-order valence-electron chi connectivity index (χ4n) is 3.93. The van der Waals surface area contributed by atoms with E-state index in [9.17, 15) is 9.59 Å². The Bertz CT molecular complexity index is 398. The van der Waals surface area contributed by atoms with Gasteiger partial charge in [-0.15, -0.1) is 0 Å². The summed E-state index contributed by atoms with van der Waals surface area (Å²) in [6.07, 6.45) is 21.1. The molecule has 0 aromatic carbocycles. The average molecular weight is 461 g/mol. The van der Waals surface area contributed by atoms with Crippen molar-refractivity contribution in [3.63, 3.8) is 0 Å². The molecule has 0 rings (SSSR count). The van der Waals surface area contributed by atoms with Crippen LogP contribution >= 0.6 is 0 Å². The van der Waals surface area contributed by atoms with Gasteiger partial charge in [0.25, 0.3) is 0 Å². The number of carbonyl (C=O) groups excluding carboxylic acids is 1. The zero-order valence-corrected chi connectivity index (χ0v) is 19.6. The van der Waals surface area contributed by atoms with E-state index in [1.54, 1.807) is 0 Å². The van der Waals surface area contributed by atoms with Crippen LogP contribution < -0.4 is 0 Å². The van der Waals surface area contributed by atoms with Crippen LogP contribution in [0.15, 0.2) is 0 Å². The first-order valence-electron chi connectivity index (χ1n) is 12.4. The molecule has 0 heterocycles. The van der Waals surface area contributed by atoms with Crippen LogP contribution in [0.25, 0.3) is 0 Å². The summed E-state index contributed by atoms with van der Waals surface area (Å²) in [5.74, 6) is -1.71. The Morgan fingerprint density at radius 3 is 1.32 bits per heavy atom. The topological polar surface area (TPSA) is 63.6 Å². The molecule has 0 aromatic heterocycles. The Kier molecular flexibility index (Phi) is 30.6. The van der Waals surface area contributed by atoms with E-state index in [2.05, 4.69) is 13.8 Å². The van der Waals surface area contributed by atoms with Crippen LogP contribution in [-0.2, 0) is 14.3 Å². The Morgan fingerprint density at radius 2 is 1.00 bits per heavy atom. The molecule has 1 N–H and O–H groups in total. The number of hydrogen-bond donors (Lipinski definition) is 1. The Balaban J connectivity index is -0.00000392. The van der Waals surface area contributed by atoms with Crippen LogP contribution in [-0.4, -0.2) is 92.9 Å². The van der Waals surface area contributed by atoms with Crippen molar-refractivity contribution < 1.29 is 19.4 Å². The van der Waals surface area contributed by atoms with Gasteiger partial charge >= 0.3 is 82.2 Å². The molecule has 0 atom stereocenters. The predicted molar refractivity (Wildman–Crippen MR) is 136 cm³/mol. The monoisotopic (exact) mass is 460 g/mol. The van der Waals surface area contributed by atoms with Gasteiger partial charge in [-0.05, 0) is 32.6 Å². The van der Waals surface area contributed by atoms with Gasteiger partial charge in [0.1, 0.15) is 12.0 Å². The third kappa shape index (κ3) is 25.6. The van der Waals surface area contributed by atoms with Crippen LogP contribution in [0.3, 0.4) is 0 Å². The van der Waals surface area contributed by atoms with E-state index in [1.165, 1.54) is 77.0 Å². The molecule has 31 heavy (non-hydrogen) atoms. The molecule has 0 aliphatic rings. The number of carboxylic acids is 1. The molecule has 4 nitrogen and oxygen atoms in total. The number of hydrogen-bond acceptors (Lipinski definition) is 3. The Morgan fingerprint density at radius 1 is 0.677 bits per heavy atom. The molecule has 176 valence electrons. The number of ether oxygens (including phenoxy) is 1. The molecule has 0 saturated carbocycles. The number of esters is 1. The SMILES string of the molecule is CCCCCCCCCCC(C)(CCCCCCCCCC)OC(=O)CC(=O)O.[KH].[LiH]. The molecule has 6 heteroatoms. The first-order valence-corrected chi connectivity index (χ1v) is 12.4. The van der Waals surface area contributed by atoms with Crippen molar-refractivity contribution in [2.75, 3.05) is 0 Å². The molecule has 0 spiro atoms. The van der Waals surface area contributed by atoms with Crippen molar-refractivity contribution >= 4 is 82.2 Å². The quantitative estimate of drug-likeness (QED) is 0.0915. The molecular formula is C25H50KLiO4. The molecule has 0 aliphatic heterocycles. The van der Waals surface area contributed by atoms with E-state index in [4.69, 9.17) is 9.84 Å². The molecule has 0 radical (unpaired) electrons. The molecule has 0 aromatic rings. The molecule has 0 unspecified atom stereocenters. The number of carboxylic acid groups (broad SMARTS) is 1. The zero-order chi connectivity index (χ0) is 21.8. The average Bonchev–Trinajstić information content (AvgIpc) is 2.65. The van der Waals surface area contributed by atoms with Gasteiger partial charge in [0.05, 0.1) is 0 Å². The summed E-state index contributed by atoms with van der Waals surface area (Å²) in [7, 11) is 0. The van der Waals surface area contributed by atoms with Gasteiger partial charge in [-0.25, -0.2) is 0 Å². The summed E-state index contributed by atoms with van der Waals surface area (Å²) in [5.41, 5.74) is -0.517. The van der Waals surface area contributed by atoms with E-state index in [-0.39, 0.29) is 70.2 Å². The van der Waals surface area contributed by atoms with Gasteiger partial charge in [-0.1, -0.05) is 104 Å². The number of carbonyl (C=O) groups is 2. The summed E-state index contributed by atoms with van der Waals surface area (Å²) < 4.78 is 5.65. The molecular weight excluding hydrogens is 410 g/mol. The van der Waals surface area contributed by atoms with Crippen molar-refractivity contribution in [2.24, 2.45) is 0 Å². The summed E-state index contributed by atoms with van der Waals surface area (Å²) in [6.45, 7) is 6.47. The van der Waals surface area contributed by atoms with Gasteiger partial charge in [-0.2, -0.15) is 0 Å². The summed E-state index contributed by atoms with van der Waals surface area (Å²) >= 11 is 0. The van der Waals surface area contributed by atoms with Crippen molar-refractivity contribution in [3.8, 4) is 0 Å². The predicted octanol–water partition coefficient (Wildman–Crippen LogP) is 6.53. The second-order valence-electron chi connectivity index (χ2n) is 8.94. The van der Waals surface area contributed by atoms with Gasteiger partial charge in [0.15, 0.2) is 0 Å². The second kappa shape index (κ2) is 25.8. The summed E-state index contributed by atoms with van der Waals surface area (Å²) in [4.78, 5) is 22.7. The third-order valence-electron chi connectivity index (χ3n) is 5.77. The maximum atomic E-state index is 11.9. The fraction of sp³-hybridized carbons (Fsp3) is 0.920. The summed E-state index contributed by atoms with van der Waals surface area (Å²) in [6, 6.07) is 0. The van der Waals surface area contributed by atoms with E-state index >= 15 is 0 Å². The van der Waals surface area contributed by atoms with Crippen LogP contribution in [0, 0.1) is 0 Å². The van der Waals surface area contributed by atoms with Crippen molar-refractivity contribution in [1.82, 2.24) is 0 Å². The minimum atomic E-state index is -1.11. The first-order chi connectivity index (χ1) is 13.9. The zero-order valence-electron chi connectivity index (χ0n) is 19.6. The third-order valence-corrected chi connectivity index (χ3v) is 5.77. The van der Waals surface area contributed by atoms with E-state index in [0.29, 0.717) is 0 Å². The van der Waals surface area contributed by atoms with Crippen molar-refractivity contribution in [1.29, 1.82) is 0 Å². The van der Waals surface area contributed by atoms with E-state index < -0.39 is 24.0 Å². The van der Waals surface area contributed by atoms with Crippen LogP contribution in [0.1, 0.15) is 143 Å². The second-order valence-corrected chi connectivity index (χ2v) is 8.94. The van der Waals surface area contributed by atoms with Crippen molar-refractivity contribution in [2.45, 2.75) is 148 Å². The summed E-state index contributed by atoms with van der Waals surface area (Å²) in [5, 5.41) is 8.85.